The first-order chi connectivity index (χ1) is 11.9. The standard InChI is InChI=1S/C19H25N3O2S/c1-14-8-10-18(15(2)12-14)25(23,24)22-17-9-11-19(20-13-17)21-16-6-4-3-5-7-16/h8-13,16,22H,3-7H2,1-2H3,(H,20,21). The van der Waals surface area contributed by atoms with Crippen LogP contribution in [0.15, 0.2) is 41.4 Å². The Balaban J connectivity index is 1.69. The molecule has 1 aliphatic rings. The average molecular weight is 359 g/mol. The lowest BCUT2D eigenvalue weighted by Crippen LogP contribution is -2.22. The second-order valence-electron chi connectivity index (χ2n) is 6.79. The average Bonchev–Trinajstić information content (AvgIpc) is 2.57. The number of rotatable bonds is 5. The van der Waals surface area contributed by atoms with Crippen LogP contribution in [0.3, 0.4) is 0 Å². The SMILES string of the molecule is Cc1ccc(S(=O)(=O)Nc2ccc(NC3CCCCC3)nc2)c(C)c1. The molecule has 1 saturated carbocycles. The summed E-state index contributed by atoms with van der Waals surface area (Å²) in [5, 5.41) is 3.43. The van der Waals surface area contributed by atoms with Crippen molar-refractivity contribution >= 4 is 21.5 Å². The molecule has 25 heavy (non-hydrogen) atoms. The van der Waals surface area contributed by atoms with Gasteiger partial charge >= 0.3 is 0 Å². The molecular formula is C19H25N3O2S. The molecule has 3 rings (SSSR count). The maximum Gasteiger partial charge on any atom is 0.262 e. The number of pyridine rings is 1. The van der Waals surface area contributed by atoms with Crippen molar-refractivity contribution in [2.75, 3.05) is 10.0 Å². The monoisotopic (exact) mass is 359 g/mol. The highest BCUT2D eigenvalue weighted by Gasteiger charge is 2.17. The molecule has 134 valence electrons. The molecular weight excluding hydrogens is 334 g/mol. The lowest BCUT2D eigenvalue weighted by Gasteiger charge is -2.23. The summed E-state index contributed by atoms with van der Waals surface area (Å²) in [6.07, 6.45) is 7.72. The fraction of sp³-hybridized carbons (Fsp3) is 0.421. The summed E-state index contributed by atoms with van der Waals surface area (Å²) in [6, 6.07) is 9.35. The third-order valence-electron chi connectivity index (χ3n) is 4.59. The number of sulfonamides is 1. The first-order valence-corrected chi connectivity index (χ1v) is 10.2. The Bertz CT molecular complexity index is 826. The molecule has 1 aromatic heterocycles. The van der Waals surface area contributed by atoms with E-state index in [2.05, 4.69) is 15.0 Å². The molecule has 0 atom stereocenters. The van der Waals surface area contributed by atoms with E-state index < -0.39 is 10.0 Å². The van der Waals surface area contributed by atoms with E-state index >= 15 is 0 Å². The molecule has 1 heterocycles. The molecule has 1 aromatic carbocycles. The van der Waals surface area contributed by atoms with Gasteiger partial charge in [-0.2, -0.15) is 0 Å². The fourth-order valence-corrected chi connectivity index (χ4v) is 4.58. The van der Waals surface area contributed by atoms with Crippen molar-refractivity contribution in [3.8, 4) is 0 Å². The summed E-state index contributed by atoms with van der Waals surface area (Å²) in [6.45, 7) is 3.75. The molecule has 0 radical (unpaired) electrons. The van der Waals surface area contributed by atoms with Crippen molar-refractivity contribution in [1.29, 1.82) is 0 Å². The number of nitrogens with zero attached hydrogens (tertiary/aromatic N) is 1. The van der Waals surface area contributed by atoms with Crippen LogP contribution >= 0.6 is 0 Å². The van der Waals surface area contributed by atoms with E-state index in [1.54, 1.807) is 31.3 Å². The molecule has 2 N–H and O–H groups in total. The van der Waals surface area contributed by atoms with E-state index in [1.807, 2.05) is 19.1 Å². The molecule has 0 unspecified atom stereocenters. The second kappa shape index (κ2) is 7.44. The zero-order chi connectivity index (χ0) is 17.9. The van der Waals surface area contributed by atoms with E-state index in [1.165, 1.54) is 32.1 Å². The molecule has 0 aliphatic heterocycles. The summed E-state index contributed by atoms with van der Waals surface area (Å²) in [7, 11) is -3.61. The van der Waals surface area contributed by atoms with Gasteiger partial charge in [-0.15, -0.1) is 0 Å². The normalized spacial score (nSPS) is 15.8. The van der Waals surface area contributed by atoms with Crippen LogP contribution in [0.25, 0.3) is 0 Å². The van der Waals surface area contributed by atoms with Crippen molar-refractivity contribution in [3.63, 3.8) is 0 Å². The summed E-state index contributed by atoms with van der Waals surface area (Å²) < 4.78 is 27.8. The van der Waals surface area contributed by atoms with Crippen LogP contribution in [0.4, 0.5) is 11.5 Å². The Morgan fingerprint density at radius 1 is 1.04 bits per heavy atom. The zero-order valence-electron chi connectivity index (χ0n) is 14.7. The zero-order valence-corrected chi connectivity index (χ0v) is 15.6. The molecule has 5 nitrogen and oxygen atoms in total. The van der Waals surface area contributed by atoms with Crippen LogP contribution in [0.2, 0.25) is 0 Å². The maximum atomic E-state index is 12.6. The Labute approximate surface area is 149 Å². The van der Waals surface area contributed by atoms with Gasteiger partial charge in [0.2, 0.25) is 0 Å². The van der Waals surface area contributed by atoms with E-state index in [-0.39, 0.29) is 0 Å². The highest BCUT2D eigenvalue weighted by Crippen LogP contribution is 2.23. The van der Waals surface area contributed by atoms with Gasteiger partial charge in [0.15, 0.2) is 0 Å². The molecule has 0 bridgehead atoms. The topological polar surface area (TPSA) is 71.1 Å². The van der Waals surface area contributed by atoms with Crippen molar-refractivity contribution in [1.82, 2.24) is 4.98 Å². The summed E-state index contributed by atoms with van der Waals surface area (Å²) in [4.78, 5) is 4.64. The van der Waals surface area contributed by atoms with E-state index in [0.29, 0.717) is 16.6 Å². The molecule has 1 aliphatic carbocycles. The van der Waals surface area contributed by atoms with E-state index in [9.17, 15) is 8.42 Å². The first-order valence-electron chi connectivity index (χ1n) is 8.77. The van der Waals surface area contributed by atoms with E-state index in [4.69, 9.17) is 0 Å². The lowest BCUT2D eigenvalue weighted by atomic mass is 9.95. The Kier molecular flexibility index (Phi) is 5.27. The highest BCUT2D eigenvalue weighted by molar-refractivity contribution is 7.92. The van der Waals surface area contributed by atoms with Gasteiger partial charge in [0.25, 0.3) is 10.0 Å². The Morgan fingerprint density at radius 3 is 2.44 bits per heavy atom. The molecule has 0 amide bonds. The molecule has 1 fully saturated rings. The van der Waals surface area contributed by atoms with Crippen LogP contribution in [-0.2, 0) is 10.0 Å². The van der Waals surface area contributed by atoms with Gasteiger partial charge in [-0.05, 0) is 50.5 Å². The third-order valence-corrected chi connectivity index (χ3v) is 6.13. The van der Waals surface area contributed by atoms with Crippen LogP contribution in [0.1, 0.15) is 43.2 Å². The lowest BCUT2D eigenvalue weighted by molar-refractivity contribution is 0.462. The number of aryl methyl sites for hydroxylation is 2. The fourth-order valence-electron chi connectivity index (χ4n) is 3.31. The molecule has 2 aromatic rings. The smallest absolute Gasteiger partial charge is 0.262 e. The van der Waals surface area contributed by atoms with Crippen LogP contribution < -0.4 is 10.0 Å². The van der Waals surface area contributed by atoms with Gasteiger partial charge in [0.05, 0.1) is 16.8 Å². The maximum absolute atomic E-state index is 12.6. The summed E-state index contributed by atoms with van der Waals surface area (Å²) in [5.74, 6) is 0.793. The minimum absolute atomic E-state index is 0.294. The van der Waals surface area contributed by atoms with E-state index in [0.717, 1.165) is 16.9 Å². The van der Waals surface area contributed by atoms with Gasteiger partial charge in [-0.1, -0.05) is 37.0 Å². The van der Waals surface area contributed by atoms with Crippen molar-refractivity contribution < 1.29 is 8.42 Å². The summed E-state index contributed by atoms with van der Waals surface area (Å²) in [5.41, 5.74) is 2.24. The van der Waals surface area contributed by atoms with Gasteiger partial charge in [-0.3, -0.25) is 4.72 Å². The number of nitrogens with one attached hydrogen (secondary N) is 2. The van der Waals surface area contributed by atoms with Crippen molar-refractivity contribution in [2.45, 2.75) is 56.9 Å². The van der Waals surface area contributed by atoms with Crippen LogP contribution in [0, 0.1) is 13.8 Å². The molecule has 0 spiro atoms. The van der Waals surface area contributed by atoms with Crippen LogP contribution in [-0.4, -0.2) is 19.4 Å². The number of aromatic nitrogens is 1. The van der Waals surface area contributed by atoms with Crippen LogP contribution in [0.5, 0.6) is 0 Å². The van der Waals surface area contributed by atoms with Gasteiger partial charge in [0.1, 0.15) is 5.82 Å². The first kappa shape index (κ1) is 17.7. The Hall–Kier alpha value is -2.08. The van der Waals surface area contributed by atoms with Crippen molar-refractivity contribution in [3.05, 3.63) is 47.7 Å². The minimum atomic E-state index is -3.61. The predicted molar refractivity (Wildman–Crippen MR) is 101 cm³/mol. The Morgan fingerprint density at radius 2 is 1.80 bits per heavy atom. The highest BCUT2D eigenvalue weighted by atomic mass is 32.2. The largest absolute Gasteiger partial charge is 0.367 e. The minimum Gasteiger partial charge on any atom is -0.367 e. The third kappa shape index (κ3) is 4.51. The number of hydrogen-bond donors (Lipinski definition) is 2. The number of hydrogen-bond acceptors (Lipinski definition) is 4. The number of anilines is 2. The summed E-state index contributed by atoms with van der Waals surface area (Å²) >= 11 is 0. The van der Waals surface area contributed by atoms with Gasteiger partial charge < -0.3 is 5.32 Å². The quantitative estimate of drug-likeness (QED) is 0.837. The number of benzene rings is 1. The van der Waals surface area contributed by atoms with Gasteiger partial charge in [0, 0.05) is 6.04 Å². The van der Waals surface area contributed by atoms with Crippen molar-refractivity contribution in [2.24, 2.45) is 0 Å². The molecule has 6 heteroatoms. The van der Waals surface area contributed by atoms with Gasteiger partial charge in [-0.25, -0.2) is 13.4 Å². The molecule has 0 saturated heterocycles. The predicted octanol–water partition coefficient (Wildman–Crippen LogP) is 4.24. The second-order valence-corrected chi connectivity index (χ2v) is 8.44.